The van der Waals surface area contributed by atoms with Gasteiger partial charge in [-0.2, -0.15) is 0 Å². The van der Waals surface area contributed by atoms with Crippen LogP contribution in [0.4, 0.5) is 4.39 Å². The van der Waals surface area contributed by atoms with Crippen LogP contribution in [0, 0.1) is 5.82 Å². The van der Waals surface area contributed by atoms with Crippen LogP contribution in [0.15, 0.2) is 66.7 Å². The van der Waals surface area contributed by atoms with Gasteiger partial charge in [0.05, 0.1) is 19.3 Å². The fraction of sp³-hybridized carbons (Fsp3) is 0.174. The second-order valence-corrected chi connectivity index (χ2v) is 7.06. The zero-order chi connectivity index (χ0) is 21.5. The number of hydrogen-bond acceptors (Lipinski definition) is 4. The molecule has 156 valence electrons. The molecule has 0 unspecified atom stereocenters. The number of carbonyl (C=O) groups excluding carboxylic acids is 1. The second kappa shape index (κ2) is 10.2. The van der Waals surface area contributed by atoms with Gasteiger partial charge in [-0.1, -0.05) is 54.1 Å². The highest BCUT2D eigenvalue weighted by Crippen LogP contribution is 2.27. The number of amides is 1. The van der Waals surface area contributed by atoms with Gasteiger partial charge in [-0.05, 0) is 35.4 Å². The van der Waals surface area contributed by atoms with Gasteiger partial charge < -0.3 is 20.3 Å². The van der Waals surface area contributed by atoms with Crippen molar-refractivity contribution in [2.75, 3.05) is 6.61 Å². The first kappa shape index (κ1) is 21.8. The highest BCUT2D eigenvalue weighted by atomic mass is 35.5. The van der Waals surface area contributed by atoms with Crippen molar-refractivity contribution in [1.82, 2.24) is 5.32 Å². The Morgan fingerprint density at radius 2 is 1.53 bits per heavy atom. The first-order chi connectivity index (χ1) is 14.5. The summed E-state index contributed by atoms with van der Waals surface area (Å²) in [6, 6.07) is 18.4. The lowest BCUT2D eigenvalue weighted by atomic mass is 9.99. The van der Waals surface area contributed by atoms with Crippen molar-refractivity contribution in [1.29, 1.82) is 0 Å². The molecule has 0 saturated carbocycles. The van der Waals surface area contributed by atoms with Gasteiger partial charge in [0.2, 0.25) is 0 Å². The lowest BCUT2D eigenvalue weighted by Crippen LogP contribution is -2.33. The molecule has 5 nitrogen and oxygen atoms in total. The van der Waals surface area contributed by atoms with Crippen LogP contribution in [-0.4, -0.2) is 22.7 Å². The van der Waals surface area contributed by atoms with E-state index in [-0.39, 0.29) is 23.5 Å². The molecule has 0 spiro atoms. The summed E-state index contributed by atoms with van der Waals surface area (Å²) in [6.45, 7) is -1.35. The van der Waals surface area contributed by atoms with E-state index in [2.05, 4.69) is 5.32 Å². The number of nitrogens with one attached hydrogen (secondary N) is 1. The third-order valence-corrected chi connectivity index (χ3v) is 4.79. The standard InChI is InChI=1S/C23H21ClFNO4/c24-19-8-6-16(7-9-19)22(15-4-2-1-3-5-15)26-21(29)14-30-23-17(12-27)10-20(25)11-18(23)13-28/h1-11,22,27-28H,12-14H2,(H,26,29)/t22-/m0/s1. The molecule has 3 N–H and O–H groups in total. The number of benzene rings is 3. The molecule has 0 heterocycles. The van der Waals surface area contributed by atoms with Gasteiger partial charge in [-0.15, -0.1) is 0 Å². The minimum absolute atomic E-state index is 0.0966. The quantitative estimate of drug-likeness (QED) is 0.509. The molecule has 7 heteroatoms. The summed E-state index contributed by atoms with van der Waals surface area (Å²) in [4.78, 5) is 12.6. The Hall–Kier alpha value is -2.93. The van der Waals surface area contributed by atoms with Gasteiger partial charge in [0, 0.05) is 16.1 Å². The van der Waals surface area contributed by atoms with Crippen LogP contribution in [-0.2, 0) is 18.0 Å². The van der Waals surface area contributed by atoms with E-state index in [0.717, 1.165) is 23.3 Å². The molecule has 3 aromatic carbocycles. The normalized spacial score (nSPS) is 11.7. The number of rotatable bonds is 8. The van der Waals surface area contributed by atoms with Crippen LogP contribution < -0.4 is 10.1 Å². The van der Waals surface area contributed by atoms with E-state index in [1.165, 1.54) is 0 Å². The maximum atomic E-state index is 13.6. The fourth-order valence-electron chi connectivity index (χ4n) is 3.13. The Morgan fingerprint density at radius 3 is 2.10 bits per heavy atom. The van der Waals surface area contributed by atoms with Crippen molar-refractivity contribution in [3.63, 3.8) is 0 Å². The van der Waals surface area contributed by atoms with Crippen LogP contribution in [0.1, 0.15) is 28.3 Å². The van der Waals surface area contributed by atoms with E-state index in [1.807, 2.05) is 42.5 Å². The van der Waals surface area contributed by atoms with Gasteiger partial charge >= 0.3 is 0 Å². The Kier molecular flexibility index (Phi) is 7.41. The van der Waals surface area contributed by atoms with E-state index in [9.17, 15) is 19.4 Å². The van der Waals surface area contributed by atoms with E-state index < -0.39 is 31.0 Å². The SMILES string of the molecule is O=C(COc1c(CO)cc(F)cc1CO)N[C@@H](c1ccccc1)c1ccc(Cl)cc1. The van der Waals surface area contributed by atoms with Crippen molar-refractivity contribution < 1.29 is 24.1 Å². The number of halogens is 2. The average molecular weight is 430 g/mol. The van der Waals surface area contributed by atoms with Crippen molar-refractivity contribution in [2.45, 2.75) is 19.3 Å². The predicted molar refractivity (Wildman–Crippen MR) is 112 cm³/mol. The minimum Gasteiger partial charge on any atom is -0.483 e. The Bertz CT molecular complexity index is 971. The second-order valence-electron chi connectivity index (χ2n) is 6.62. The molecular weight excluding hydrogens is 409 g/mol. The third kappa shape index (κ3) is 5.36. The summed E-state index contributed by atoms with van der Waals surface area (Å²) in [5, 5.41) is 22.4. The predicted octanol–water partition coefficient (Wildman–Crippen LogP) is 3.75. The zero-order valence-electron chi connectivity index (χ0n) is 16.0. The first-order valence-corrected chi connectivity index (χ1v) is 9.65. The lowest BCUT2D eigenvalue weighted by molar-refractivity contribution is -0.123. The molecule has 0 aliphatic heterocycles. The van der Waals surface area contributed by atoms with E-state index in [4.69, 9.17) is 16.3 Å². The average Bonchev–Trinajstić information content (AvgIpc) is 2.77. The van der Waals surface area contributed by atoms with Crippen LogP contribution in [0.5, 0.6) is 5.75 Å². The van der Waals surface area contributed by atoms with Crippen molar-refractivity contribution in [3.8, 4) is 5.75 Å². The molecule has 0 aliphatic carbocycles. The van der Waals surface area contributed by atoms with Gasteiger partial charge in [0.1, 0.15) is 11.6 Å². The van der Waals surface area contributed by atoms with Gasteiger partial charge in [0.15, 0.2) is 6.61 Å². The van der Waals surface area contributed by atoms with E-state index >= 15 is 0 Å². The first-order valence-electron chi connectivity index (χ1n) is 9.27. The fourth-order valence-corrected chi connectivity index (χ4v) is 3.26. The summed E-state index contributed by atoms with van der Waals surface area (Å²) in [7, 11) is 0. The largest absolute Gasteiger partial charge is 0.483 e. The van der Waals surface area contributed by atoms with Gasteiger partial charge in [-0.3, -0.25) is 4.79 Å². The van der Waals surface area contributed by atoms with Gasteiger partial charge in [0.25, 0.3) is 5.91 Å². The molecule has 0 bridgehead atoms. The summed E-state index contributed by atoms with van der Waals surface area (Å²) in [6.07, 6.45) is 0. The maximum Gasteiger partial charge on any atom is 0.258 e. The molecule has 3 rings (SSSR count). The van der Waals surface area contributed by atoms with Gasteiger partial charge in [-0.25, -0.2) is 4.39 Å². The smallest absolute Gasteiger partial charge is 0.258 e. The van der Waals surface area contributed by atoms with E-state index in [0.29, 0.717) is 5.02 Å². The Morgan fingerprint density at radius 1 is 0.967 bits per heavy atom. The molecule has 3 aromatic rings. The van der Waals surface area contributed by atoms with Crippen LogP contribution in [0.2, 0.25) is 5.02 Å². The Balaban J connectivity index is 1.78. The maximum absolute atomic E-state index is 13.6. The Labute approximate surface area is 178 Å². The van der Waals surface area contributed by atoms with Crippen LogP contribution in [0.3, 0.4) is 0 Å². The minimum atomic E-state index is -0.605. The molecular formula is C23H21ClFNO4. The zero-order valence-corrected chi connectivity index (χ0v) is 16.8. The molecule has 0 saturated heterocycles. The summed E-state index contributed by atoms with van der Waals surface area (Å²) >= 11 is 5.98. The van der Waals surface area contributed by atoms with E-state index in [1.54, 1.807) is 12.1 Å². The number of hydrogen-bond donors (Lipinski definition) is 3. The summed E-state index contributed by atoms with van der Waals surface area (Å²) in [5.74, 6) is -0.929. The molecule has 0 fully saturated rings. The number of aliphatic hydroxyl groups excluding tert-OH is 2. The highest BCUT2D eigenvalue weighted by Gasteiger charge is 2.19. The summed E-state index contributed by atoms with van der Waals surface area (Å²) in [5.41, 5.74) is 2.03. The van der Waals surface area contributed by atoms with Crippen molar-refractivity contribution in [3.05, 3.63) is 99.8 Å². The van der Waals surface area contributed by atoms with Crippen LogP contribution in [0.25, 0.3) is 0 Å². The van der Waals surface area contributed by atoms with Crippen molar-refractivity contribution >= 4 is 17.5 Å². The molecule has 0 aromatic heterocycles. The molecule has 0 radical (unpaired) electrons. The molecule has 0 aliphatic rings. The molecule has 1 amide bonds. The third-order valence-electron chi connectivity index (χ3n) is 4.54. The van der Waals surface area contributed by atoms with Crippen molar-refractivity contribution in [2.24, 2.45) is 0 Å². The number of carbonyl (C=O) groups is 1. The molecule has 1 atom stereocenters. The lowest BCUT2D eigenvalue weighted by Gasteiger charge is -2.21. The molecule has 30 heavy (non-hydrogen) atoms. The monoisotopic (exact) mass is 429 g/mol. The number of ether oxygens (including phenoxy) is 1. The highest BCUT2D eigenvalue weighted by molar-refractivity contribution is 6.30. The number of aliphatic hydroxyl groups is 2. The topological polar surface area (TPSA) is 78.8 Å². The summed E-state index contributed by atoms with van der Waals surface area (Å²) < 4.78 is 19.1. The van der Waals surface area contributed by atoms with Crippen LogP contribution >= 0.6 is 11.6 Å².